The topological polar surface area (TPSA) is 3.24 Å². The van der Waals surface area contributed by atoms with E-state index >= 15 is 0 Å². The van der Waals surface area contributed by atoms with Crippen molar-refractivity contribution in [2.75, 3.05) is 20.6 Å². The average molecular weight is 275 g/mol. The molecule has 0 N–H and O–H groups in total. The normalized spacial score (nSPS) is 14.2. The number of likely N-dealkylation sites (N-methyl/N-ethyl adjacent to an activating group) is 1. The van der Waals surface area contributed by atoms with E-state index in [-0.39, 0.29) is 0 Å². The smallest absolute Gasteiger partial charge is 0.0281 e. The molecule has 0 radical (unpaired) electrons. The van der Waals surface area contributed by atoms with Crippen molar-refractivity contribution in [3.8, 4) is 0 Å². The molecule has 0 bridgehead atoms. The Kier molecular flexibility index (Phi) is 4.03. The molecule has 0 fully saturated rings. The summed E-state index contributed by atoms with van der Waals surface area (Å²) in [5.41, 5.74) is 5.39. The fraction of sp³-hybridized carbons (Fsp3) is 0.200. The largest absolute Gasteiger partial charge is 0.306 e. The van der Waals surface area contributed by atoms with Gasteiger partial charge in [-0.05, 0) is 36.3 Å². The first-order valence-electron chi connectivity index (χ1n) is 7.43. The van der Waals surface area contributed by atoms with Crippen molar-refractivity contribution < 1.29 is 0 Å². The monoisotopic (exact) mass is 275 g/mol. The van der Waals surface area contributed by atoms with Crippen molar-refractivity contribution in [2.24, 2.45) is 0 Å². The average Bonchev–Trinajstić information content (AvgIpc) is 2.65. The number of rotatable bonds is 3. The molecule has 0 heterocycles. The van der Waals surface area contributed by atoms with Gasteiger partial charge in [0.2, 0.25) is 0 Å². The second kappa shape index (κ2) is 6.11. The summed E-state index contributed by atoms with van der Waals surface area (Å²) < 4.78 is 0. The van der Waals surface area contributed by atoms with E-state index in [1.165, 1.54) is 22.3 Å². The second-order valence-corrected chi connectivity index (χ2v) is 5.76. The molecule has 0 saturated heterocycles. The van der Waals surface area contributed by atoms with E-state index in [0.717, 1.165) is 6.54 Å². The Balaban J connectivity index is 2.08. The molecular weight excluding hydrogens is 254 g/mol. The van der Waals surface area contributed by atoms with E-state index in [2.05, 4.69) is 91.8 Å². The molecule has 1 aliphatic rings. The Bertz CT molecular complexity index is 630. The fourth-order valence-corrected chi connectivity index (χ4v) is 2.85. The first-order valence-corrected chi connectivity index (χ1v) is 7.43. The highest BCUT2D eigenvalue weighted by atomic mass is 15.0. The lowest BCUT2D eigenvalue weighted by Crippen LogP contribution is -2.11. The number of hydrogen-bond donors (Lipinski definition) is 0. The third-order valence-electron chi connectivity index (χ3n) is 3.90. The summed E-state index contributed by atoms with van der Waals surface area (Å²) in [6.07, 6.45) is 9.07. The number of hydrogen-bond acceptors (Lipinski definition) is 1. The summed E-state index contributed by atoms with van der Waals surface area (Å²) in [4.78, 5) is 2.18. The van der Waals surface area contributed by atoms with Gasteiger partial charge in [-0.1, -0.05) is 72.8 Å². The van der Waals surface area contributed by atoms with Crippen molar-refractivity contribution in [3.05, 3.63) is 82.9 Å². The van der Waals surface area contributed by atoms with Crippen molar-refractivity contribution >= 4 is 12.2 Å². The second-order valence-electron chi connectivity index (χ2n) is 5.76. The molecule has 2 aromatic rings. The number of fused-ring (bicyclic) bond motifs is 2. The fourth-order valence-electron chi connectivity index (χ4n) is 2.85. The molecule has 0 saturated carbocycles. The SMILES string of the molecule is CN(C)CC=CC1c2ccccc2C=Cc2ccccc21. The zero-order valence-electron chi connectivity index (χ0n) is 12.7. The molecular formula is C20H21N. The molecule has 2 aromatic carbocycles. The minimum absolute atomic E-state index is 0.326. The summed E-state index contributed by atoms with van der Waals surface area (Å²) in [5.74, 6) is 0.326. The molecule has 3 rings (SSSR count). The molecule has 0 aliphatic heterocycles. The van der Waals surface area contributed by atoms with Crippen LogP contribution in [0.4, 0.5) is 0 Å². The van der Waals surface area contributed by atoms with Gasteiger partial charge >= 0.3 is 0 Å². The number of benzene rings is 2. The highest BCUT2D eigenvalue weighted by Gasteiger charge is 2.18. The summed E-state index contributed by atoms with van der Waals surface area (Å²) >= 11 is 0. The maximum atomic E-state index is 2.34. The van der Waals surface area contributed by atoms with E-state index < -0.39 is 0 Å². The molecule has 1 aliphatic carbocycles. The minimum Gasteiger partial charge on any atom is -0.306 e. The molecule has 0 atom stereocenters. The third kappa shape index (κ3) is 2.98. The summed E-state index contributed by atoms with van der Waals surface area (Å²) in [7, 11) is 4.20. The summed E-state index contributed by atoms with van der Waals surface area (Å²) in [6.45, 7) is 0.967. The van der Waals surface area contributed by atoms with Crippen LogP contribution in [0.3, 0.4) is 0 Å². The third-order valence-corrected chi connectivity index (χ3v) is 3.90. The van der Waals surface area contributed by atoms with E-state index in [1.54, 1.807) is 0 Å². The quantitative estimate of drug-likeness (QED) is 0.749. The van der Waals surface area contributed by atoms with Crippen LogP contribution in [0.5, 0.6) is 0 Å². The molecule has 0 amide bonds. The first kappa shape index (κ1) is 13.8. The van der Waals surface area contributed by atoms with Gasteiger partial charge < -0.3 is 4.90 Å². The highest BCUT2D eigenvalue weighted by molar-refractivity contribution is 5.77. The van der Waals surface area contributed by atoms with Gasteiger partial charge in [-0.25, -0.2) is 0 Å². The number of allylic oxidation sites excluding steroid dienone is 1. The van der Waals surface area contributed by atoms with E-state index in [4.69, 9.17) is 0 Å². The molecule has 0 spiro atoms. The molecule has 0 aromatic heterocycles. The lowest BCUT2D eigenvalue weighted by Gasteiger charge is -2.17. The van der Waals surface area contributed by atoms with E-state index in [9.17, 15) is 0 Å². The van der Waals surface area contributed by atoms with Gasteiger partial charge in [0.1, 0.15) is 0 Å². The van der Waals surface area contributed by atoms with E-state index in [1.807, 2.05) is 0 Å². The Morgan fingerprint density at radius 3 is 1.90 bits per heavy atom. The maximum absolute atomic E-state index is 2.34. The Hall–Kier alpha value is -2.12. The van der Waals surface area contributed by atoms with Gasteiger partial charge in [-0.2, -0.15) is 0 Å². The van der Waals surface area contributed by atoms with Gasteiger partial charge in [0.15, 0.2) is 0 Å². The molecule has 1 nitrogen and oxygen atoms in total. The maximum Gasteiger partial charge on any atom is 0.0281 e. The van der Waals surface area contributed by atoms with Gasteiger partial charge in [-0.15, -0.1) is 0 Å². The minimum atomic E-state index is 0.326. The predicted octanol–water partition coefficient (Wildman–Crippen LogP) is 4.42. The van der Waals surface area contributed by atoms with Crippen LogP contribution in [-0.2, 0) is 0 Å². The van der Waals surface area contributed by atoms with Gasteiger partial charge in [-0.3, -0.25) is 0 Å². The standard InChI is InChI=1S/C20H21N/c1-21(2)15-7-12-20-18-10-5-3-8-16(18)13-14-17-9-4-6-11-19(17)20/h3-14,20H,15H2,1-2H3. The first-order chi connectivity index (χ1) is 10.3. The van der Waals surface area contributed by atoms with Crippen LogP contribution in [0.1, 0.15) is 28.2 Å². The Morgan fingerprint density at radius 2 is 1.38 bits per heavy atom. The lowest BCUT2D eigenvalue weighted by molar-refractivity contribution is 0.456. The summed E-state index contributed by atoms with van der Waals surface area (Å²) in [5, 5.41) is 0. The van der Waals surface area contributed by atoms with Crippen LogP contribution in [0, 0.1) is 0 Å². The van der Waals surface area contributed by atoms with Crippen LogP contribution in [0.25, 0.3) is 12.2 Å². The Labute approximate surface area is 127 Å². The molecule has 1 heteroatoms. The van der Waals surface area contributed by atoms with Crippen molar-refractivity contribution in [1.82, 2.24) is 4.90 Å². The van der Waals surface area contributed by atoms with Crippen LogP contribution >= 0.6 is 0 Å². The molecule has 0 unspecified atom stereocenters. The van der Waals surface area contributed by atoms with Crippen molar-refractivity contribution in [1.29, 1.82) is 0 Å². The zero-order chi connectivity index (χ0) is 14.7. The molecule has 106 valence electrons. The lowest BCUT2D eigenvalue weighted by atomic mass is 9.87. The Morgan fingerprint density at radius 1 is 0.857 bits per heavy atom. The van der Waals surface area contributed by atoms with Crippen LogP contribution in [0.2, 0.25) is 0 Å². The van der Waals surface area contributed by atoms with Gasteiger partial charge in [0, 0.05) is 12.5 Å². The van der Waals surface area contributed by atoms with Gasteiger partial charge in [0.25, 0.3) is 0 Å². The van der Waals surface area contributed by atoms with Crippen molar-refractivity contribution in [2.45, 2.75) is 5.92 Å². The molecule has 21 heavy (non-hydrogen) atoms. The van der Waals surface area contributed by atoms with Gasteiger partial charge in [0.05, 0.1) is 0 Å². The number of nitrogens with zero attached hydrogens (tertiary/aromatic N) is 1. The predicted molar refractivity (Wildman–Crippen MR) is 91.3 cm³/mol. The van der Waals surface area contributed by atoms with Crippen LogP contribution < -0.4 is 0 Å². The van der Waals surface area contributed by atoms with Crippen LogP contribution in [0.15, 0.2) is 60.7 Å². The zero-order valence-corrected chi connectivity index (χ0v) is 12.7. The summed E-state index contributed by atoms with van der Waals surface area (Å²) in [6, 6.07) is 17.4. The van der Waals surface area contributed by atoms with Crippen LogP contribution in [-0.4, -0.2) is 25.5 Å². The highest BCUT2D eigenvalue weighted by Crippen LogP contribution is 2.35. The van der Waals surface area contributed by atoms with Crippen molar-refractivity contribution in [3.63, 3.8) is 0 Å². The van der Waals surface area contributed by atoms with E-state index in [0.29, 0.717) is 5.92 Å².